The molecule has 2 aromatic carbocycles. The number of ether oxygens (including phenoxy) is 2. The molecule has 27 heavy (non-hydrogen) atoms. The molecule has 1 heterocycles. The maximum atomic E-state index is 13.7. The van der Waals surface area contributed by atoms with Crippen molar-refractivity contribution in [3.8, 4) is 11.5 Å². The molecule has 0 saturated heterocycles. The third kappa shape index (κ3) is 4.30. The summed E-state index contributed by atoms with van der Waals surface area (Å²) in [6.45, 7) is 5.95. The predicted molar refractivity (Wildman–Crippen MR) is 99.5 cm³/mol. The zero-order valence-electron chi connectivity index (χ0n) is 15.4. The van der Waals surface area contributed by atoms with Crippen LogP contribution in [0, 0.1) is 11.6 Å². The Morgan fingerprint density at radius 1 is 1.30 bits per heavy atom. The van der Waals surface area contributed by atoms with E-state index in [2.05, 4.69) is 10.6 Å². The van der Waals surface area contributed by atoms with E-state index in [0.717, 1.165) is 35.9 Å². The van der Waals surface area contributed by atoms with Gasteiger partial charge in [0.25, 0.3) is 0 Å². The maximum Gasteiger partial charge on any atom is 0.246 e. The summed E-state index contributed by atoms with van der Waals surface area (Å²) < 4.78 is 38.4. The number of hydrogen-bond donors (Lipinski definition) is 2. The third-order valence-corrected chi connectivity index (χ3v) is 4.25. The van der Waals surface area contributed by atoms with Gasteiger partial charge in [-0.15, -0.1) is 0 Å². The monoisotopic (exact) mass is 376 g/mol. The largest absolute Gasteiger partial charge is 0.492 e. The number of benzene rings is 2. The number of carbonyl (C=O) groups is 1. The number of anilines is 2. The van der Waals surface area contributed by atoms with E-state index in [1.165, 1.54) is 0 Å². The van der Waals surface area contributed by atoms with E-state index in [-0.39, 0.29) is 11.8 Å². The van der Waals surface area contributed by atoms with Crippen LogP contribution in [0.4, 0.5) is 20.2 Å². The van der Waals surface area contributed by atoms with Gasteiger partial charge in [0.15, 0.2) is 0 Å². The standard InChI is InChI=1S/C20H22F2N2O3/c1-4-26-19-8-13-7-11(2)27-18(13)10-17(19)23-12(3)20(25)24-16-9-14(21)5-6-15(16)22/h5-6,8-12,23H,4,7H2,1-3H3,(H,24,25)/t11-,12-/m0/s1. The van der Waals surface area contributed by atoms with Crippen molar-refractivity contribution in [3.05, 3.63) is 47.5 Å². The van der Waals surface area contributed by atoms with Gasteiger partial charge in [-0.2, -0.15) is 0 Å². The van der Waals surface area contributed by atoms with Gasteiger partial charge in [0.05, 0.1) is 18.0 Å². The molecule has 2 N–H and O–H groups in total. The van der Waals surface area contributed by atoms with Crippen LogP contribution in [0.5, 0.6) is 11.5 Å². The molecule has 0 unspecified atom stereocenters. The van der Waals surface area contributed by atoms with E-state index in [9.17, 15) is 13.6 Å². The molecule has 1 amide bonds. The summed E-state index contributed by atoms with van der Waals surface area (Å²) in [4.78, 5) is 12.4. The van der Waals surface area contributed by atoms with Crippen LogP contribution >= 0.6 is 0 Å². The number of rotatable bonds is 6. The zero-order valence-corrected chi connectivity index (χ0v) is 15.4. The molecule has 1 aliphatic rings. The quantitative estimate of drug-likeness (QED) is 0.796. The van der Waals surface area contributed by atoms with Crippen molar-refractivity contribution >= 4 is 17.3 Å². The molecule has 2 aromatic rings. The Labute approximate surface area is 156 Å². The highest BCUT2D eigenvalue weighted by atomic mass is 19.1. The van der Waals surface area contributed by atoms with E-state index in [1.807, 2.05) is 19.9 Å². The van der Waals surface area contributed by atoms with Crippen LogP contribution < -0.4 is 20.1 Å². The fourth-order valence-corrected chi connectivity index (χ4v) is 2.96. The highest BCUT2D eigenvalue weighted by Gasteiger charge is 2.23. The first-order valence-electron chi connectivity index (χ1n) is 8.86. The SMILES string of the molecule is CCOc1cc2c(cc1N[C@@H](C)C(=O)Nc1cc(F)ccc1F)O[C@@H](C)C2. The highest BCUT2D eigenvalue weighted by Crippen LogP contribution is 2.38. The predicted octanol–water partition coefficient (Wildman–Crippen LogP) is 4.13. The van der Waals surface area contributed by atoms with Gasteiger partial charge in [0, 0.05) is 24.1 Å². The van der Waals surface area contributed by atoms with Crippen LogP contribution in [0.15, 0.2) is 30.3 Å². The number of hydrogen-bond acceptors (Lipinski definition) is 4. The van der Waals surface area contributed by atoms with Crippen molar-refractivity contribution in [2.45, 2.75) is 39.3 Å². The second-order valence-corrected chi connectivity index (χ2v) is 6.50. The van der Waals surface area contributed by atoms with Gasteiger partial charge in [-0.1, -0.05) is 0 Å². The molecular formula is C20H22F2N2O3. The summed E-state index contributed by atoms with van der Waals surface area (Å²) >= 11 is 0. The van der Waals surface area contributed by atoms with E-state index in [1.54, 1.807) is 13.0 Å². The minimum atomic E-state index is -0.719. The molecular weight excluding hydrogens is 354 g/mol. The first-order chi connectivity index (χ1) is 12.9. The molecule has 0 saturated carbocycles. The second kappa shape index (κ2) is 7.82. The van der Waals surface area contributed by atoms with E-state index in [0.29, 0.717) is 18.0 Å². The maximum absolute atomic E-state index is 13.7. The Hall–Kier alpha value is -2.83. The van der Waals surface area contributed by atoms with Crippen LogP contribution in [0.1, 0.15) is 26.3 Å². The fraction of sp³-hybridized carbons (Fsp3) is 0.350. The molecule has 0 spiro atoms. The van der Waals surface area contributed by atoms with E-state index >= 15 is 0 Å². The van der Waals surface area contributed by atoms with Crippen LogP contribution in [0.2, 0.25) is 0 Å². The number of carbonyl (C=O) groups excluding carboxylic acids is 1. The summed E-state index contributed by atoms with van der Waals surface area (Å²) in [5.41, 5.74) is 1.45. The Bertz CT molecular complexity index is 857. The second-order valence-electron chi connectivity index (χ2n) is 6.50. The Kier molecular flexibility index (Phi) is 5.48. The van der Waals surface area contributed by atoms with Crippen molar-refractivity contribution in [2.24, 2.45) is 0 Å². The van der Waals surface area contributed by atoms with E-state index < -0.39 is 23.6 Å². The van der Waals surface area contributed by atoms with Crippen LogP contribution in [-0.4, -0.2) is 24.7 Å². The molecule has 7 heteroatoms. The van der Waals surface area contributed by atoms with Gasteiger partial charge in [-0.3, -0.25) is 4.79 Å². The summed E-state index contributed by atoms with van der Waals surface area (Å²) in [5.74, 6) is -0.470. The zero-order chi connectivity index (χ0) is 19.6. The normalized spacial score (nSPS) is 16.3. The fourth-order valence-electron chi connectivity index (χ4n) is 2.96. The lowest BCUT2D eigenvalue weighted by Crippen LogP contribution is -2.32. The van der Waals surface area contributed by atoms with Crippen molar-refractivity contribution in [1.29, 1.82) is 0 Å². The van der Waals surface area contributed by atoms with Crippen molar-refractivity contribution in [3.63, 3.8) is 0 Å². The Balaban J connectivity index is 1.76. The molecule has 0 fully saturated rings. The average Bonchev–Trinajstić information content (AvgIpc) is 2.97. The van der Waals surface area contributed by atoms with Gasteiger partial charge < -0.3 is 20.1 Å². The lowest BCUT2D eigenvalue weighted by atomic mass is 10.1. The molecule has 1 aliphatic heterocycles. The van der Waals surface area contributed by atoms with Gasteiger partial charge in [-0.05, 0) is 39.0 Å². The minimum absolute atomic E-state index is 0.0846. The molecule has 0 aliphatic carbocycles. The molecule has 2 atom stereocenters. The highest BCUT2D eigenvalue weighted by molar-refractivity contribution is 5.96. The van der Waals surface area contributed by atoms with Crippen molar-refractivity contribution < 1.29 is 23.0 Å². The van der Waals surface area contributed by atoms with Crippen molar-refractivity contribution in [1.82, 2.24) is 0 Å². The molecule has 3 rings (SSSR count). The molecule has 0 aromatic heterocycles. The lowest BCUT2D eigenvalue weighted by Gasteiger charge is -2.19. The third-order valence-electron chi connectivity index (χ3n) is 4.25. The van der Waals surface area contributed by atoms with Gasteiger partial charge in [-0.25, -0.2) is 8.78 Å². The van der Waals surface area contributed by atoms with Crippen LogP contribution in [0.25, 0.3) is 0 Å². The first kappa shape index (κ1) is 18.9. The average molecular weight is 376 g/mol. The minimum Gasteiger partial charge on any atom is -0.492 e. The number of halogens is 2. The number of nitrogens with one attached hydrogen (secondary N) is 2. The Morgan fingerprint density at radius 3 is 2.81 bits per heavy atom. The molecule has 144 valence electrons. The first-order valence-corrected chi connectivity index (χ1v) is 8.86. The van der Waals surface area contributed by atoms with Gasteiger partial charge >= 0.3 is 0 Å². The summed E-state index contributed by atoms with van der Waals surface area (Å²) in [5, 5.41) is 5.45. The summed E-state index contributed by atoms with van der Waals surface area (Å²) in [6.07, 6.45) is 0.881. The summed E-state index contributed by atoms with van der Waals surface area (Å²) in [6, 6.07) is 5.89. The van der Waals surface area contributed by atoms with Crippen molar-refractivity contribution in [2.75, 3.05) is 17.2 Å². The van der Waals surface area contributed by atoms with Gasteiger partial charge in [0.1, 0.15) is 35.3 Å². The van der Waals surface area contributed by atoms with Crippen LogP contribution in [0.3, 0.4) is 0 Å². The number of amides is 1. The van der Waals surface area contributed by atoms with E-state index in [4.69, 9.17) is 9.47 Å². The molecule has 0 bridgehead atoms. The van der Waals surface area contributed by atoms with Crippen LogP contribution in [-0.2, 0) is 11.2 Å². The number of fused-ring (bicyclic) bond motifs is 1. The molecule has 0 radical (unpaired) electrons. The smallest absolute Gasteiger partial charge is 0.246 e. The lowest BCUT2D eigenvalue weighted by molar-refractivity contribution is -0.116. The Morgan fingerprint density at radius 2 is 2.07 bits per heavy atom. The summed E-state index contributed by atoms with van der Waals surface area (Å²) in [7, 11) is 0. The molecule has 5 nitrogen and oxygen atoms in total. The van der Waals surface area contributed by atoms with Gasteiger partial charge in [0.2, 0.25) is 5.91 Å². The topological polar surface area (TPSA) is 59.6 Å².